The molecule has 0 spiro atoms. The molecule has 2 aromatic heterocycles. The van der Waals surface area contributed by atoms with Crippen LogP contribution in [0.3, 0.4) is 0 Å². The third kappa shape index (κ3) is 2.80. The van der Waals surface area contributed by atoms with E-state index in [0.717, 1.165) is 21.5 Å². The van der Waals surface area contributed by atoms with Gasteiger partial charge in [-0.1, -0.05) is 15.9 Å². The van der Waals surface area contributed by atoms with E-state index in [1.165, 1.54) is 0 Å². The smallest absolute Gasteiger partial charge is 0.260 e. The fourth-order valence-electron chi connectivity index (χ4n) is 2.14. The van der Waals surface area contributed by atoms with Crippen LogP contribution in [0.25, 0.3) is 5.69 Å². The number of aromatic nitrogens is 4. The lowest BCUT2D eigenvalue weighted by Gasteiger charge is -2.05. The molecule has 112 valence electrons. The third-order valence-corrected chi connectivity index (χ3v) is 3.80. The lowest BCUT2D eigenvalue weighted by atomic mass is 10.2. The number of nitrogens with one attached hydrogen (secondary N) is 2. The number of hydrogen-bond acceptors (Lipinski definition) is 3. The van der Waals surface area contributed by atoms with E-state index in [1.807, 2.05) is 38.1 Å². The second-order valence-electron chi connectivity index (χ2n) is 4.92. The maximum Gasteiger partial charge on any atom is 0.260 e. The van der Waals surface area contributed by atoms with Crippen LogP contribution in [-0.2, 0) is 0 Å². The van der Waals surface area contributed by atoms with Gasteiger partial charge in [-0.15, -0.1) is 0 Å². The molecule has 0 aliphatic rings. The number of aromatic amines is 1. The van der Waals surface area contributed by atoms with E-state index < -0.39 is 0 Å². The molecule has 22 heavy (non-hydrogen) atoms. The van der Waals surface area contributed by atoms with Gasteiger partial charge in [-0.2, -0.15) is 10.2 Å². The number of hydrogen-bond donors (Lipinski definition) is 2. The van der Waals surface area contributed by atoms with Crippen molar-refractivity contribution in [2.75, 3.05) is 5.32 Å². The van der Waals surface area contributed by atoms with Crippen molar-refractivity contribution in [3.05, 3.63) is 58.0 Å². The van der Waals surface area contributed by atoms with Crippen LogP contribution in [0.15, 0.2) is 41.0 Å². The molecule has 0 bridgehead atoms. The number of carbonyl (C=O) groups is 1. The molecule has 2 N–H and O–H groups in total. The number of amides is 1. The summed E-state index contributed by atoms with van der Waals surface area (Å²) in [5.41, 5.74) is 3.07. The summed E-state index contributed by atoms with van der Waals surface area (Å²) in [7, 11) is 0. The highest BCUT2D eigenvalue weighted by atomic mass is 79.9. The molecule has 3 rings (SSSR count). The van der Waals surface area contributed by atoms with Gasteiger partial charge >= 0.3 is 0 Å². The summed E-state index contributed by atoms with van der Waals surface area (Å²) in [6.07, 6.45) is 1.56. The van der Waals surface area contributed by atoms with E-state index in [9.17, 15) is 4.79 Å². The van der Waals surface area contributed by atoms with Crippen molar-refractivity contribution < 1.29 is 4.79 Å². The Balaban J connectivity index is 1.86. The second-order valence-corrected chi connectivity index (χ2v) is 5.84. The minimum absolute atomic E-state index is 0.229. The highest BCUT2D eigenvalue weighted by Crippen LogP contribution is 2.18. The molecule has 0 aliphatic heterocycles. The molecule has 0 saturated heterocycles. The standard InChI is InChI=1S/C15H14BrN5O/c1-9-7-14(20-19-9)18-15(22)13-8-17-21(10(13)2)12-5-3-11(16)4-6-12/h3-8H,1-2H3,(H2,18,19,20,22). The normalized spacial score (nSPS) is 10.7. The van der Waals surface area contributed by atoms with Crippen LogP contribution >= 0.6 is 15.9 Å². The van der Waals surface area contributed by atoms with Gasteiger partial charge in [0.25, 0.3) is 5.91 Å². The van der Waals surface area contributed by atoms with Crippen molar-refractivity contribution >= 4 is 27.7 Å². The minimum Gasteiger partial charge on any atom is -0.305 e. The summed E-state index contributed by atoms with van der Waals surface area (Å²) in [6, 6.07) is 9.50. The van der Waals surface area contributed by atoms with Crippen molar-refractivity contribution in [1.82, 2.24) is 20.0 Å². The van der Waals surface area contributed by atoms with Gasteiger partial charge in [0.15, 0.2) is 5.82 Å². The van der Waals surface area contributed by atoms with Gasteiger partial charge in [0.1, 0.15) is 0 Å². The lowest BCUT2D eigenvalue weighted by Crippen LogP contribution is -2.13. The number of benzene rings is 1. The van der Waals surface area contributed by atoms with E-state index in [-0.39, 0.29) is 5.91 Å². The van der Waals surface area contributed by atoms with Gasteiger partial charge < -0.3 is 5.32 Å². The lowest BCUT2D eigenvalue weighted by molar-refractivity contribution is 0.102. The van der Waals surface area contributed by atoms with Crippen LogP contribution in [0.4, 0.5) is 5.82 Å². The zero-order chi connectivity index (χ0) is 15.7. The van der Waals surface area contributed by atoms with E-state index in [2.05, 4.69) is 36.5 Å². The third-order valence-electron chi connectivity index (χ3n) is 3.27. The Morgan fingerprint density at radius 2 is 2.00 bits per heavy atom. The number of halogens is 1. The molecule has 0 aliphatic carbocycles. The summed E-state index contributed by atoms with van der Waals surface area (Å²) in [5.74, 6) is 0.269. The molecular formula is C15H14BrN5O. The summed E-state index contributed by atoms with van der Waals surface area (Å²) >= 11 is 3.40. The van der Waals surface area contributed by atoms with Gasteiger partial charge in [0, 0.05) is 16.2 Å². The Labute approximate surface area is 135 Å². The fraction of sp³-hybridized carbons (Fsp3) is 0.133. The highest BCUT2D eigenvalue weighted by molar-refractivity contribution is 9.10. The van der Waals surface area contributed by atoms with Crippen LogP contribution in [0.1, 0.15) is 21.7 Å². The van der Waals surface area contributed by atoms with Crippen molar-refractivity contribution in [2.45, 2.75) is 13.8 Å². The maximum atomic E-state index is 12.3. The van der Waals surface area contributed by atoms with Crippen LogP contribution in [0, 0.1) is 13.8 Å². The Kier molecular flexibility index (Phi) is 3.81. The topological polar surface area (TPSA) is 75.6 Å². The van der Waals surface area contributed by atoms with Crippen LogP contribution in [0.5, 0.6) is 0 Å². The highest BCUT2D eigenvalue weighted by Gasteiger charge is 2.16. The van der Waals surface area contributed by atoms with Crippen LogP contribution in [-0.4, -0.2) is 25.9 Å². The Morgan fingerprint density at radius 1 is 1.27 bits per heavy atom. The Morgan fingerprint density at radius 3 is 2.64 bits per heavy atom. The number of nitrogens with zero attached hydrogens (tertiary/aromatic N) is 3. The summed E-state index contributed by atoms with van der Waals surface area (Å²) in [6.45, 7) is 3.74. The molecule has 0 unspecified atom stereocenters. The Bertz CT molecular complexity index is 819. The van der Waals surface area contributed by atoms with Gasteiger partial charge in [-0.25, -0.2) is 4.68 Å². The first-order chi connectivity index (χ1) is 10.5. The number of H-pyrrole nitrogens is 1. The zero-order valence-electron chi connectivity index (χ0n) is 12.1. The molecular weight excluding hydrogens is 346 g/mol. The number of aryl methyl sites for hydroxylation is 1. The molecule has 0 fully saturated rings. The van der Waals surface area contributed by atoms with Gasteiger partial charge in [-0.05, 0) is 38.1 Å². The fourth-order valence-corrected chi connectivity index (χ4v) is 2.41. The van der Waals surface area contributed by atoms with Crippen molar-refractivity contribution in [1.29, 1.82) is 0 Å². The minimum atomic E-state index is -0.229. The summed E-state index contributed by atoms with van der Waals surface area (Å²) < 4.78 is 2.73. The van der Waals surface area contributed by atoms with Crippen LogP contribution in [0.2, 0.25) is 0 Å². The predicted octanol–water partition coefficient (Wildman–Crippen LogP) is 3.23. The van der Waals surface area contributed by atoms with Crippen LogP contribution < -0.4 is 5.32 Å². The average molecular weight is 360 g/mol. The number of rotatable bonds is 3. The SMILES string of the molecule is Cc1cc(NC(=O)c2cnn(-c3ccc(Br)cc3)c2C)n[nH]1. The molecule has 6 nitrogen and oxygen atoms in total. The van der Waals surface area contributed by atoms with E-state index in [4.69, 9.17) is 0 Å². The molecule has 2 heterocycles. The zero-order valence-corrected chi connectivity index (χ0v) is 13.7. The number of anilines is 1. The van der Waals surface area contributed by atoms with Gasteiger partial charge in [0.05, 0.1) is 23.1 Å². The maximum absolute atomic E-state index is 12.3. The first-order valence-corrected chi connectivity index (χ1v) is 7.48. The summed E-state index contributed by atoms with van der Waals surface area (Å²) in [5, 5.41) is 13.8. The monoisotopic (exact) mass is 359 g/mol. The predicted molar refractivity (Wildman–Crippen MR) is 87.3 cm³/mol. The van der Waals surface area contributed by atoms with Crippen molar-refractivity contribution in [3.8, 4) is 5.69 Å². The van der Waals surface area contributed by atoms with E-state index in [1.54, 1.807) is 16.9 Å². The van der Waals surface area contributed by atoms with E-state index in [0.29, 0.717) is 11.4 Å². The second kappa shape index (κ2) is 5.76. The van der Waals surface area contributed by atoms with Gasteiger partial charge in [0.2, 0.25) is 0 Å². The molecule has 0 atom stereocenters. The molecule has 0 radical (unpaired) electrons. The largest absolute Gasteiger partial charge is 0.305 e. The first kappa shape index (κ1) is 14.5. The van der Waals surface area contributed by atoms with Crippen molar-refractivity contribution in [2.24, 2.45) is 0 Å². The quantitative estimate of drug-likeness (QED) is 0.753. The molecule has 3 aromatic rings. The molecule has 1 aromatic carbocycles. The average Bonchev–Trinajstić information content (AvgIpc) is 3.06. The summed E-state index contributed by atoms with van der Waals surface area (Å²) in [4.78, 5) is 12.3. The first-order valence-electron chi connectivity index (χ1n) is 6.68. The Hall–Kier alpha value is -2.41. The molecule has 7 heteroatoms. The van der Waals surface area contributed by atoms with Crippen molar-refractivity contribution in [3.63, 3.8) is 0 Å². The van der Waals surface area contributed by atoms with E-state index >= 15 is 0 Å². The van der Waals surface area contributed by atoms with Gasteiger partial charge in [-0.3, -0.25) is 9.89 Å². The molecule has 1 amide bonds. The molecule has 0 saturated carbocycles. The number of carbonyl (C=O) groups excluding carboxylic acids is 1.